The molecule has 0 spiro atoms. The molecule has 4 N–H and O–H groups in total. The van der Waals surface area contributed by atoms with Crippen molar-refractivity contribution < 1.29 is 17.9 Å². The van der Waals surface area contributed by atoms with Gasteiger partial charge in [-0.15, -0.1) is 0 Å². The van der Waals surface area contributed by atoms with Crippen LogP contribution in [0.5, 0.6) is 11.5 Å². The molecule has 0 amide bonds. The zero-order valence-corrected chi connectivity index (χ0v) is 7.87. The molecule has 0 radical (unpaired) electrons. The first-order chi connectivity index (χ1) is 6.50. The summed E-state index contributed by atoms with van der Waals surface area (Å²) in [7, 11) is -3.89. The average molecular weight is 216 g/mol. The summed E-state index contributed by atoms with van der Waals surface area (Å²) >= 11 is 0. The minimum absolute atomic E-state index is 0.0265. The van der Waals surface area contributed by atoms with Crippen molar-refractivity contribution in [2.24, 2.45) is 5.14 Å². The van der Waals surface area contributed by atoms with Gasteiger partial charge in [0.25, 0.3) is 0 Å². The molecule has 0 atom stereocenters. The molecule has 6 nitrogen and oxygen atoms in total. The number of benzene rings is 1. The molecule has 0 aliphatic carbocycles. The summed E-state index contributed by atoms with van der Waals surface area (Å²) in [5, 5.41) is 4.99. The summed E-state index contributed by atoms with van der Waals surface area (Å²) in [5.74, 6) is 0.427. The lowest BCUT2D eigenvalue weighted by Crippen LogP contribution is -2.15. The molecule has 14 heavy (non-hydrogen) atoms. The highest BCUT2D eigenvalue weighted by atomic mass is 32.2. The molecule has 1 aromatic rings. The van der Waals surface area contributed by atoms with Gasteiger partial charge in [0.1, 0.15) is 0 Å². The molecular weight excluding hydrogens is 208 g/mol. The van der Waals surface area contributed by atoms with E-state index >= 15 is 0 Å². The van der Waals surface area contributed by atoms with Crippen LogP contribution in [0, 0.1) is 0 Å². The van der Waals surface area contributed by atoms with Crippen LogP contribution in [0.15, 0.2) is 17.0 Å². The lowest BCUT2D eigenvalue weighted by Gasteiger charge is -2.05. The number of nitrogens with two attached hydrogens (primary N) is 2. The third-order valence-electron chi connectivity index (χ3n) is 1.81. The molecule has 1 heterocycles. The Labute approximate surface area is 80.5 Å². The smallest absolute Gasteiger partial charge is 0.243 e. The number of nitrogen functional groups attached to an aromatic ring is 1. The zero-order chi connectivity index (χ0) is 10.3. The summed E-state index contributed by atoms with van der Waals surface area (Å²) in [5.41, 5.74) is 5.54. The van der Waals surface area contributed by atoms with Crippen molar-refractivity contribution in [1.82, 2.24) is 0 Å². The molecule has 0 saturated heterocycles. The standard InChI is InChI=1S/C7H8N2O4S/c8-4-1-2-5-6(13-3-12-5)7(4)14(9,10)11/h1-2H,3,8H2,(H2,9,10,11). The molecule has 1 aliphatic heterocycles. The second-order valence-corrected chi connectivity index (χ2v) is 4.26. The van der Waals surface area contributed by atoms with Crippen molar-refractivity contribution in [3.8, 4) is 11.5 Å². The number of sulfonamides is 1. The van der Waals surface area contributed by atoms with Gasteiger partial charge in [0.15, 0.2) is 16.4 Å². The Bertz CT molecular complexity index is 483. The molecule has 76 valence electrons. The summed E-state index contributed by atoms with van der Waals surface area (Å²) in [4.78, 5) is -0.215. The maximum Gasteiger partial charge on any atom is 0.243 e. The first-order valence-corrected chi connectivity index (χ1v) is 5.25. The van der Waals surface area contributed by atoms with Crippen LogP contribution in [0.4, 0.5) is 5.69 Å². The number of ether oxygens (including phenoxy) is 2. The first kappa shape index (κ1) is 9.10. The monoisotopic (exact) mass is 216 g/mol. The van der Waals surface area contributed by atoms with E-state index in [0.29, 0.717) is 5.75 Å². The highest BCUT2D eigenvalue weighted by Crippen LogP contribution is 2.40. The molecule has 1 aliphatic rings. The number of hydrogen-bond donors (Lipinski definition) is 2. The predicted molar refractivity (Wildman–Crippen MR) is 48.4 cm³/mol. The van der Waals surface area contributed by atoms with Crippen LogP contribution in [-0.2, 0) is 10.0 Å². The van der Waals surface area contributed by atoms with Gasteiger partial charge in [0.05, 0.1) is 5.69 Å². The maximum atomic E-state index is 11.2. The lowest BCUT2D eigenvalue weighted by atomic mass is 10.3. The van der Waals surface area contributed by atoms with Crippen LogP contribution >= 0.6 is 0 Å². The Morgan fingerprint density at radius 3 is 2.64 bits per heavy atom. The van der Waals surface area contributed by atoms with E-state index in [4.69, 9.17) is 20.3 Å². The number of hydrogen-bond acceptors (Lipinski definition) is 5. The third-order valence-corrected chi connectivity index (χ3v) is 2.80. The van der Waals surface area contributed by atoms with Crippen LogP contribution in [0.2, 0.25) is 0 Å². The molecule has 7 heteroatoms. The minimum Gasteiger partial charge on any atom is -0.454 e. The molecule has 0 saturated carbocycles. The van der Waals surface area contributed by atoms with Gasteiger partial charge in [-0.3, -0.25) is 0 Å². The molecule has 0 aromatic heterocycles. The molecule has 0 bridgehead atoms. The van der Waals surface area contributed by atoms with Crippen molar-refractivity contribution in [2.75, 3.05) is 12.5 Å². The summed E-state index contributed by atoms with van der Waals surface area (Å²) in [6, 6.07) is 2.94. The highest BCUT2D eigenvalue weighted by molar-refractivity contribution is 7.89. The van der Waals surface area contributed by atoms with Crippen LogP contribution < -0.4 is 20.3 Å². The minimum atomic E-state index is -3.89. The van der Waals surface area contributed by atoms with Gasteiger partial charge in [0.2, 0.25) is 16.8 Å². The molecule has 1 aromatic carbocycles. The van der Waals surface area contributed by atoms with Gasteiger partial charge in [-0.25, -0.2) is 13.6 Å². The quantitative estimate of drug-likeness (QED) is 0.624. The number of anilines is 1. The van der Waals surface area contributed by atoms with Crippen molar-refractivity contribution in [3.63, 3.8) is 0 Å². The van der Waals surface area contributed by atoms with Crippen LogP contribution in [0.1, 0.15) is 0 Å². The van der Waals surface area contributed by atoms with E-state index in [1.807, 2.05) is 0 Å². The molecule has 2 rings (SSSR count). The Balaban J connectivity index is 2.76. The Morgan fingerprint density at radius 1 is 1.29 bits per heavy atom. The molecular formula is C7H8N2O4S. The van der Waals surface area contributed by atoms with E-state index in [-0.39, 0.29) is 23.1 Å². The van der Waals surface area contributed by atoms with Gasteiger partial charge < -0.3 is 15.2 Å². The van der Waals surface area contributed by atoms with E-state index in [1.165, 1.54) is 12.1 Å². The zero-order valence-electron chi connectivity index (χ0n) is 7.06. The Kier molecular flexibility index (Phi) is 1.79. The van der Waals surface area contributed by atoms with Gasteiger partial charge in [-0.2, -0.15) is 0 Å². The van der Waals surface area contributed by atoms with E-state index in [9.17, 15) is 8.42 Å². The largest absolute Gasteiger partial charge is 0.454 e. The van der Waals surface area contributed by atoms with Crippen molar-refractivity contribution in [2.45, 2.75) is 4.90 Å². The lowest BCUT2D eigenvalue weighted by molar-refractivity contribution is 0.172. The van der Waals surface area contributed by atoms with Crippen molar-refractivity contribution in [1.29, 1.82) is 0 Å². The fraction of sp³-hybridized carbons (Fsp3) is 0.143. The molecule has 0 fully saturated rings. The molecule has 0 unspecified atom stereocenters. The number of rotatable bonds is 1. The van der Waals surface area contributed by atoms with Crippen LogP contribution in [-0.4, -0.2) is 15.2 Å². The Morgan fingerprint density at radius 2 is 2.00 bits per heavy atom. The van der Waals surface area contributed by atoms with E-state index < -0.39 is 10.0 Å². The summed E-state index contributed by atoms with van der Waals surface area (Å²) in [6.45, 7) is -0.0265. The third kappa shape index (κ3) is 1.26. The first-order valence-electron chi connectivity index (χ1n) is 3.71. The van der Waals surface area contributed by atoms with Gasteiger partial charge in [-0.05, 0) is 12.1 Å². The van der Waals surface area contributed by atoms with Crippen LogP contribution in [0.25, 0.3) is 0 Å². The fourth-order valence-electron chi connectivity index (χ4n) is 1.26. The van der Waals surface area contributed by atoms with Crippen molar-refractivity contribution in [3.05, 3.63) is 12.1 Å². The van der Waals surface area contributed by atoms with Gasteiger partial charge in [-0.1, -0.05) is 0 Å². The normalized spacial score (nSPS) is 14.4. The summed E-state index contributed by atoms with van der Waals surface area (Å²) < 4.78 is 32.3. The second kappa shape index (κ2) is 2.76. The van der Waals surface area contributed by atoms with E-state index in [2.05, 4.69) is 0 Å². The average Bonchev–Trinajstić information content (AvgIpc) is 2.48. The number of primary sulfonamides is 1. The topological polar surface area (TPSA) is 105 Å². The predicted octanol–water partition coefficient (Wildman–Crippen LogP) is -0.355. The maximum absolute atomic E-state index is 11.2. The Hall–Kier alpha value is -1.47. The van der Waals surface area contributed by atoms with E-state index in [1.54, 1.807) is 0 Å². The van der Waals surface area contributed by atoms with Crippen LogP contribution in [0.3, 0.4) is 0 Å². The second-order valence-electron chi connectivity index (χ2n) is 2.76. The van der Waals surface area contributed by atoms with Gasteiger partial charge in [0, 0.05) is 0 Å². The van der Waals surface area contributed by atoms with Crippen molar-refractivity contribution >= 4 is 15.7 Å². The highest BCUT2D eigenvalue weighted by Gasteiger charge is 2.26. The fourth-order valence-corrected chi connectivity index (χ4v) is 2.07. The number of fused-ring (bicyclic) bond motifs is 1. The summed E-state index contributed by atoms with van der Waals surface area (Å²) in [6.07, 6.45) is 0. The van der Waals surface area contributed by atoms with Gasteiger partial charge >= 0.3 is 0 Å². The van der Waals surface area contributed by atoms with E-state index in [0.717, 1.165) is 0 Å². The SMILES string of the molecule is Nc1ccc2c(c1S(N)(=O)=O)OCO2.